The second-order valence-electron chi connectivity index (χ2n) is 3.10. The Labute approximate surface area is 78.1 Å². The summed E-state index contributed by atoms with van der Waals surface area (Å²) in [5.41, 5.74) is 0. The van der Waals surface area contributed by atoms with Gasteiger partial charge in [-0.15, -0.1) is 5.10 Å². The van der Waals surface area contributed by atoms with E-state index in [0.29, 0.717) is 12.8 Å². The Morgan fingerprint density at radius 3 is 2.69 bits per heavy atom. The Hall–Kier alpha value is -0.710. The van der Waals surface area contributed by atoms with Crippen LogP contribution in [0.3, 0.4) is 0 Å². The first kappa shape index (κ1) is 8.87. The number of hydrogen-bond acceptors (Lipinski definition) is 3. The summed E-state index contributed by atoms with van der Waals surface area (Å²) in [5, 5.41) is 6.62. The molecule has 0 N–H and O–H groups in total. The van der Waals surface area contributed by atoms with E-state index in [1.54, 1.807) is 0 Å². The molecule has 3 nitrogen and oxygen atoms in total. The molecule has 0 spiro atoms. The molecule has 1 aromatic rings. The predicted molar refractivity (Wildman–Crippen MR) is 40.8 cm³/mol. The summed E-state index contributed by atoms with van der Waals surface area (Å²) >= 11 is 5.35. The monoisotopic (exact) mass is 208 g/mol. The van der Waals surface area contributed by atoms with Crippen LogP contribution in [0.5, 0.6) is 0 Å². The summed E-state index contributed by atoms with van der Waals surface area (Å²) in [5.74, 6) is -3.73. The lowest BCUT2D eigenvalue weighted by Gasteiger charge is -2.14. The Morgan fingerprint density at radius 2 is 2.23 bits per heavy atom. The van der Waals surface area contributed by atoms with E-state index in [4.69, 9.17) is 16.0 Å². The molecular weight excluding hydrogens is 202 g/mol. The van der Waals surface area contributed by atoms with Gasteiger partial charge in [0, 0.05) is 6.42 Å². The van der Waals surface area contributed by atoms with Gasteiger partial charge in [0.2, 0.25) is 5.89 Å². The molecule has 0 saturated heterocycles. The summed E-state index contributed by atoms with van der Waals surface area (Å²) in [7, 11) is 0. The molecule has 1 unspecified atom stereocenters. The van der Waals surface area contributed by atoms with E-state index in [9.17, 15) is 8.78 Å². The molecule has 0 radical (unpaired) electrons. The molecule has 1 saturated carbocycles. The van der Waals surface area contributed by atoms with Gasteiger partial charge >= 0.3 is 5.35 Å². The highest BCUT2D eigenvalue weighted by Crippen LogP contribution is 2.46. The Balaban J connectivity index is 2.26. The van der Waals surface area contributed by atoms with Crippen molar-refractivity contribution in [2.24, 2.45) is 0 Å². The third kappa shape index (κ3) is 1.52. The number of hydrogen-bond donors (Lipinski definition) is 0. The van der Waals surface area contributed by atoms with Gasteiger partial charge in [0.1, 0.15) is 5.92 Å². The van der Waals surface area contributed by atoms with Crippen LogP contribution in [-0.4, -0.2) is 16.1 Å². The van der Waals surface area contributed by atoms with Crippen LogP contribution in [0, 0.1) is 0 Å². The number of halogens is 3. The van der Waals surface area contributed by atoms with Crippen LogP contribution in [-0.2, 0) is 0 Å². The number of rotatable bonds is 1. The second kappa shape index (κ2) is 2.90. The largest absolute Gasteiger partial charge is 0.412 e. The van der Waals surface area contributed by atoms with Crippen molar-refractivity contribution in [1.29, 1.82) is 0 Å². The maximum atomic E-state index is 13.1. The molecule has 1 atom stereocenters. The molecule has 2 rings (SSSR count). The Bertz CT molecular complexity index is 315. The number of nitrogens with zero attached hydrogens (tertiary/aromatic N) is 2. The van der Waals surface area contributed by atoms with Gasteiger partial charge in [-0.3, -0.25) is 0 Å². The number of alkyl halides is 2. The predicted octanol–water partition coefficient (Wildman–Crippen LogP) is 2.63. The molecule has 1 aliphatic carbocycles. The minimum atomic E-state index is -2.73. The summed E-state index contributed by atoms with van der Waals surface area (Å²) < 4.78 is 31.0. The van der Waals surface area contributed by atoms with Crippen molar-refractivity contribution in [2.75, 3.05) is 0 Å². The van der Waals surface area contributed by atoms with Gasteiger partial charge in [0.15, 0.2) is 0 Å². The third-order valence-corrected chi connectivity index (χ3v) is 2.38. The lowest BCUT2D eigenvalue weighted by atomic mass is 10.1. The standard InChI is InChI=1S/C7H7ClF2N2O/c8-6-12-11-5(13-6)4-2-1-3-7(4,9)10/h4H,1-3H2. The summed E-state index contributed by atoms with van der Waals surface area (Å²) in [6.45, 7) is 0. The molecule has 1 aromatic heterocycles. The Morgan fingerprint density at radius 1 is 1.46 bits per heavy atom. The minimum Gasteiger partial charge on any atom is -0.412 e. The molecule has 1 fully saturated rings. The van der Waals surface area contributed by atoms with Gasteiger partial charge in [0.25, 0.3) is 5.92 Å². The van der Waals surface area contributed by atoms with Crippen molar-refractivity contribution in [3.63, 3.8) is 0 Å². The fraction of sp³-hybridized carbons (Fsp3) is 0.714. The van der Waals surface area contributed by atoms with Crippen LogP contribution in [0.25, 0.3) is 0 Å². The van der Waals surface area contributed by atoms with Crippen LogP contribution in [0.1, 0.15) is 31.1 Å². The molecule has 0 aliphatic heterocycles. The summed E-state index contributed by atoms with van der Waals surface area (Å²) in [6.07, 6.45) is 0.751. The highest BCUT2D eigenvalue weighted by atomic mass is 35.5. The molecule has 13 heavy (non-hydrogen) atoms. The molecule has 1 aliphatic rings. The van der Waals surface area contributed by atoms with Crippen LogP contribution < -0.4 is 0 Å². The van der Waals surface area contributed by atoms with Crippen LogP contribution in [0.15, 0.2) is 4.42 Å². The average Bonchev–Trinajstić information content (AvgIpc) is 2.56. The zero-order valence-corrected chi connectivity index (χ0v) is 7.39. The van der Waals surface area contributed by atoms with Gasteiger partial charge in [-0.05, 0) is 24.4 Å². The van der Waals surface area contributed by atoms with E-state index < -0.39 is 11.8 Å². The molecular formula is C7H7ClF2N2O. The van der Waals surface area contributed by atoms with E-state index in [0.717, 1.165) is 0 Å². The van der Waals surface area contributed by atoms with E-state index in [1.807, 2.05) is 0 Å². The topological polar surface area (TPSA) is 38.9 Å². The first-order valence-corrected chi connectivity index (χ1v) is 4.34. The molecule has 0 amide bonds. The number of aromatic nitrogens is 2. The van der Waals surface area contributed by atoms with Crippen molar-refractivity contribution >= 4 is 11.6 Å². The van der Waals surface area contributed by atoms with E-state index in [1.165, 1.54) is 0 Å². The van der Waals surface area contributed by atoms with E-state index in [-0.39, 0.29) is 17.7 Å². The van der Waals surface area contributed by atoms with E-state index in [2.05, 4.69) is 10.2 Å². The fourth-order valence-corrected chi connectivity index (χ4v) is 1.70. The van der Waals surface area contributed by atoms with Crippen LogP contribution >= 0.6 is 11.6 Å². The zero-order valence-electron chi connectivity index (χ0n) is 6.64. The van der Waals surface area contributed by atoms with Crippen molar-refractivity contribution in [3.8, 4) is 0 Å². The van der Waals surface area contributed by atoms with Gasteiger partial charge in [-0.1, -0.05) is 5.10 Å². The van der Waals surface area contributed by atoms with Gasteiger partial charge < -0.3 is 4.42 Å². The normalized spacial score (nSPS) is 26.5. The maximum Gasteiger partial charge on any atom is 0.312 e. The zero-order chi connectivity index (χ0) is 9.47. The smallest absolute Gasteiger partial charge is 0.312 e. The fourth-order valence-electron chi connectivity index (χ4n) is 1.59. The van der Waals surface area contributed by atoms with Crippen molar-refractivity contribution in [2.45, 2.75) is 31.1 Å². The van der Waals surface area contributed by atoms with Crippen molar-refractivity contribution < 1.29 is 13.2 Å². The molecule has 0 bridgehead atoms. The quantitative estimate of drug-likeness (QED) is 0.712. The second-order valence-corrected chi connectivity index (χ2v) is 3.42. The SMILES string of the molecule is FC1(F)CCCC1c1nnc(Cl)o1. The van der Waals surface area contributed by atoms with Crippen LogP contribution in [0.4, 0.5) is 8.78 Å². The summed E-state index contributed by atoms with van der Waals surface area (Å²) in [6, 6.07) is 0. The van der Waals surface area contributed by atoms with Crippen molar-refractivity contribution in [1.82, 2.24) is 10.2 Å². The van der Waals surface area contributed by atoms with Crippen LogP contribution in [0.2, 0.25) is 5.35 Å². The molecule has 6 heteroatoms. The average molecular weight is 209 g/mol. The lowest BCUT2D eigenvalue weighted by Crippen LogP contribution is -2.19. The molecule has 0 aromatic carbocycles. The van der Waals surface area contributed by atoms with Gasteiger partial charge in [0.05, 0.1) is 0 Å². The third-order valence-electron chi connectivity index (χ3n) is 2.23. The summed E-state index contributed by atoms with van der Waals surface area (Å²) in [4.78, 5) is 0. The molecule has 1 heterocycles. The lowest BCUT2D eigenvalue weighted by molar-refractivity contribution is -0.0159. The van der Waals surface area contributed by atoms with E-state index >= 15 is 0 Å². The highest BCUT2D eigenvalue weighted by molar-refractivity contribution is 6.27. The molecule has 72 valence electrons. The highest BCUT2D eigenvalue weighted by Gasteiger charge is 2.47. The minimum absolute atomic E-state index is 0.0486. The maximum absolute atomic E-state index is 13.1. The van der Waals surface area contributed by atoms with Gasteiger partial charge in [-0.2, -0.15) is 0 Å². The Kier molecular flexibility index (Phi) is 1.98. The first-order valence-electron chi connectivity index (χ1n) is 3.96. The van der Waals surface area contributed by atoms with Gasteiger partial charge in [-0.25, -0.2) is 8.78 Å². The first-order chi connectivity index (χ1) is 6.09. The van der Waals surface area contributed by atoms with Crippen molar-refractivity contribution in [3.05, 3.63) is 11.2 Å².